The van der Waals surface area contributed by atoms with Gasteiger partial charge in [0, 0.05) is 12.4 Å². The zero-order valence-electron chi connectivity index (χ0n) is 7.44. The van der Waals surface area contributed by atoms with Crippen LogP contribution in [0.25, 0.3) is 11.4 Å². The Balaban J connectivity index is 2.54. The van der Waals surface area contributed by atoms with Crippen LogP contribution < -0.4 is 0 Å². The van der Waals surface area contributed by atoms with Gasteiger partial charge in [-0.05, 0) is 30.7 Å². The molecule has 64 valence electrons. The fourth-order valence-corrected chi connectivity index (χ4v) is 1.26. The molecule has 2 aromatic heterocycles. The maximum Gasteiger partial charge on any atom is 0.0915 e. The molecule has 13 heavy (non-hydrogen) atoms. The summed E-state index contributed by atoms with van der Waals surface area (Å²) < 4.78 is 0. The maximum atomic E-state index is 4.29. The lowest BCUT2D eigenvalue weighted by Crippen LogP contribution is -1.88. The summed E-state index contributed by atoms with van der Waals surface area (Å²) in [7, 11) is 0. The van der Waals surface area contributed by atoms with Gasteiger partial charge in [0.2, 0.25) is 0 Å². The van der Waals surface area contributed by atoms with E-state index in [0.29, 0.717) is 0 Å². The Hall–Kier alpha value is -1.70. The first-order valence-electron chi connectivity index (χ1n) is 4.21. The maximum absolute atomic E-state index is 4.29. The van der Waals surface area contributed by atoms with E-state index < -0.39 is 0 Å². The smallest absolute Gasteiger partial charge is 0.0915 e. The van der Waals surface area contributed by atoms with Crippen molar-refractivity contribution in [1.29, 1.82) is 0 Å². The fourth-order valence-electron chi connectivity index (χ4n) is 1.26. The Labute approximate surface area is 77.3 Å². The van der Waals surface area contributed by atoms with Crippen LogP contribution in [-0.4, -0.2) is 9.97 Å². The van der Waals surface area contributed by atoms with Gasteiger partial charge in [0.1, 0.15) is 0 Å². The second-order valence-electron chi connectivity index (χ2n) is 2.88. The largest absolute Gasteiger partial charge is 0.255 e. The van der Waals surface area contributed by atoms with Crippen molar-refractivity contribution in [2.24, 2.45) is 0 Å². The van der Waals surface area contributed by atoms with E-state index in [9.17, 15) is 0 Å². The van der Waals surface area contributed by atoms with Gasteiger partial charge in [-0.25, -0.2) is 0 Å². The number of aryl methyl sites for hydroxylation is 1. The predicted molar refractivity (Wildman–Crippen MR) is 52.2 cm³/mol. The lowest BCUT2D eigenvalue weighted by Gasteiger charge is -2.01. The Bertz CT molecular complexity index is 396. The monoisotopic (exact) mass is 170 g/mol. The lowest BCUT2D eigenvalue weighted by molar-refractivity contribution is 1.21. The number of hydrogen-bond donors (Lipinski definition) is 0. The van der Waals surface area contributed by atoms with Crippen LogP contribution in [0.15, 0.2) is 42.7 Å². The summed E-state index contributed by atoms with van der Waals surface area (Å²) in [5.41, 5.74) is 3.05. The predicted octanol–water partition coefficient (Wildman–Crippen LogP) is 2.45. The molecule has 0 aromatic carbocycles. The highest BCUT2D eigenvalue weighted by molar-refractivity contribution is 5.57. The van der Waals surface area contributed by atoms with Crippen LogP contribution in [0.3, 0.4) is 0 Å². The van der Waals surface area contributed by atoms with E-state index in [0.717, 1.165) is 17.0 Å². The molecular weight excluding hydrogens is 160 g/mol. The number of rotatable bonds is 1. The van der Waals surface area contributed by atoms with Crippen molar-refractivity contribution >= 4 is 0 Å². The van der Waals surface area contributed by atoms with E-state index >= 15 is 0 Å². The van der Waals surface area contributed by atoms with Gasteiger partial charge in [-0.2, -0.15) is 0 Å². The topological polar surface area (TPSA) is 25.8 Å². The third-order valence-corrected chi connectivity index (χ3v) is 1.92. The first-order valence-corrected chi connectivity index (χ1v) is 4.21. The summed E-state index contributed by atoms with van der Waals surface area (Å²) in [6.45, 7) is 2.04. The zero-order chi connectivity index (χ0) is 9.10. The van der Waals surface area contributed by atoms with E-state index in [2.05, 4.69) is 9.97 Å². The van der Waals surface area contributed by atoms with Crippen molar-refractivity contribution in [3.05, 3.63) is 48.3 Å². The molecular formula is C11H10N2. The highest BCUT2D eigenvalue weighted by Crippen LogP contribution is 2.16. The number of hydrogen-bond acceptors (Lipinski definition) is 2. The summed E-state index contributed by atoms with van der Waals surface area (Å²) in [5, 5.41) is 0. The fraction of sp³-hybridized carbons (Fsp3) is 0.0909. The average molecular weight is 170 g/mol. The quantitative estimate of drug-likeness (QED) is 0.657. The SMILES string of the molecule is Cc1cccnc1-c1ccccn1. The molecule has 0 aliphatic rings. The van der Waals surface area contributed by atoms with E-state index in [4.69, 9.17) is 0 Å². The summed E-state index contributed by atoms with van der Waals surface area (Å²) in [6.07, 6.45) is 3.57. The van der Waals surface area contributed by atoms with Crippen LogP contribution in [0.5, 0.6) is 0 Å². The van der Waals surface area contributed by atoms with Gasteiger partial charge < -0.3 is 0 Å². The molecule has 0 atom stereocenters. The molecule has 2 heteroatoms. The summed E-state index contributed by atoms with van der Waals surface area (Å²) in [4.78, 5) is 8.53. The molecule has 0 spiro atoms. The molecule has 0 aliphatic carbocycles. The van der Waals surface area contributed by atoms with Gasteiger partial charge in [0.25, 0.3) is 0 Å². The van der Waals surface area contributed by atoms with Crippen LogP contribution in [0.1, 0.15) is 5.56 Å². The second-order valence-corrected chi connectivity index (χ2v) is 2.88. The molecule has 0 unspecified atom stereocenters. The highest BCUT2D eigenvalue weighted by atomic mass is 14.8. The van der Waals surface area contributed by atoms with Crippen LogP contribution in [0.4, 0.5) is 0 Å². The van der Waals surface area contributed by atoms with Crippen molar-refractivity contribution in [2.75, 3.05) is 0 Å². The zero-order valence-corrected chi connectivity index (χ0v) is 7.44. The van der Waals surface area contributed by atoms with Crippen LogP contribution >= 0.6 is 0 Å². The van der Waals surface area contributed by atoms with E-state index in [1.54, 1.807) is 12.4 Å². The second kappa shape index (κ2) is 3.35. The third-order valence-electron chi connectivity index (χ3n) is 1.92. The molecule has 0 amide bonds. The molecule has 2 nitrogen and oxygen atoms in total. The Morgan fingerprint density at radius 3 is 2.46 bits per heavy atom. The summed E-state index contributed by atoms with van der Waals surface area (Å²) in [5.74, 6) is 0. The summed E-state index contributed by atoms with van der Waals surface area (Å²) >= 11 is 0. The lowest BCUT2D eigenvalue weighted by atomic mass is 10.1. The molecule has 2 rings (SSSR count). The minimum absolute atomic E-state index is 0.931. The molecule has 0 N–H and O–H groups in total. The summed E-state index contributed by atoms with van der Waals surface area (Å²) in [6, 6.07) is 9.81. The molecule has 0 bridgehead atoms. The minimum atomic E-state index is 0.931. The third kappa shape index (κ3) is 1.56. The van der Waals surface area contributed by atoms with Gasteiger partial charge in [0.05, 0.1) is 11.4 Å². The standard InChI is InChI=1S/C11H10N2/c1-9-5-4-8-13-11(9)10-6-2-3-7-12-10/h2-8H,1H3. The van der Waals surface area contributed by atoms with Crippen molar-refractivity contribution < 1.29 is 0 Å². The first kappa shape index (κ1) is 7.92. The molecule has 0 saturated heterocycles. The van der Waals surface area contributed by atoms with Crippen LogP contribution in [-0.2, 0) is 0 Å². The number of pyridine rings is 2. The van der Waals surface area contributed by atoms with Gasteiger partial charge in [-0.1, -0.05) is 12.1 Å². The van der Waals surface area contributed by atoms with Gasteiger partial charge in [0.15, 0.2) is 0 Å². The van der Waals surface area contributed by atoms with Crippen LogP contribution in [0, 0.1) is 6.92 Å². The van der Waals surface area contributed by atoms with Crippen molar-refractivity contribution in [3.63, 3.8) is 0 Å². The molecule has 0 radical (unpaired) electrons. The first-order chi connectivity index (χ1) is 6.38. The van der Waals surface area contributed by atoms with Crippen molar-refractivity contribution in [3.8, 4) is 11.4 Å². The van der Waals surface area contributed by atoms with Crippen LogP contribution in [0.2, 0.25) is 0 Å². The van der Waals surface area contributed by atoms with E-state index in [-0.39, 0.29) is 0 Å². The molecule has 0 aliphatic heterocycles. The molecule has 2 aromatic rings. The van der Waals surface area contributed by atoms with Crippen molar-refractivity contribution in [2.45, 2.75) is 6.92 Å². The van der Waals surface area contributed by atoms with Crippen molar-refractivity contribution in [1.82, 2.24) is 9.97 Å². The van der Waals surface area contributed by atoms with Gasteiger partial charge >= 0.3 is 0 Å². The number of nitrogens with zero attached hydrogens (tertiary/aromatic N) is 2. The Kier molecular flexibility index (Phi) is 2.04. The van der Waals surface area contributed by atoms with Gasteiger partial charge in [-0.15, -0.1) is 0 Å². The van der Waals surface area contributed by atoms with E-state index in [1.807, 2.05) is 37.3 Å². The normalized spacial score (nSPS) is 9.92. The molecule has 2 heterocycles. The molecule has 0 saturated carbocycles. The Morgan fingerprint density at radius 2 is 1.77 bits per heavy atom. The van der Waals surface area contributed by atoms with E-state index in [1.165, 1.54) is 0 Å². The molecule has 0 fully saturated rings. The average Bonchev–Trinajstić information content (AvgIpc) is 2.20. The minimum Gasteiger partial charge on any atom is -0.255 e. The number of aromatic nitrogens is 2. The van der Waals surface area contributed by atoms with Gasteiger partial charge in [-0.3, -0.25) is 9.97 Å². The highest BCUT2D eigenvalue weighted by Gasteiger charge is 2.01. The Morgan fingerprint density at radius 1 is 0.923 bits per heavy atom.